The van der Waals surface area contributed by atoms with Crippen LogP contribution in [0.2, 0.25) is 0 Å². The van der Waals surface area contributed by atoms with E-state index in [0.717, 1.165) is 29.3 Å². The topological polar surface area (TPSA) is 107 Å². The number of nitrogens with one attached hydrogen (secondary N) is 1. The molecule has 2 fully saturated rings. The zero-order chi connectivity index (χ0) is 22.4. The Morgan fingerprint density at radius 1 is 1.21 bits per heavy atom. The second kappa shape index (κ2) is 7.91. The van der Waals surface area contributed by atoms with Crippen molar-refractivity contribution in [2.75, 3.05) is 5.32 Å². The summed E-state index contributed by atoms with van der Waals surface area (Å²) in [4.78, 5) is 26.0. The Balaban J connectivity index is 1.08. The van der Waals surface area contributed by atoms with Crippen LogP contribution in [0, 0.1) is 12.8 Å². The molecular formula is C24H23N7O2. The van der Waals surface area contributed by atoms with Crippen molar-refractivity contribution in [3.05, 3.63) is 71.8 Å². The molecule has 0 bridgehead atoms. The van der Waals surface area contributed by atoms with Gasteiger partial charge >= 0.3 is 0 Å². The predicted octanol–water partition coefficient (Wildman–Crippen LogP) is 3.42. The van der Waals surface area contributed by atoms with Crippen LogP contribution in [0.4, 0.5) is 5.82 Å². The predicted molar refractivity (Wildman–Crippen MR) is 120 cm³/mol. The van der Waals surface area contributed by atoms with Crippen molar-refractivity contribution in [2.45, 2.75) is 44.6 Å². The third-order valence-electron chi connectivity index (χ3n) is 6.11. The molecule has 2 aliphatic rings. The number of carbonyl (C=O) groups excluding carboxylic acids is 1. The molecule has 4 aromatic rings. The Hall–Kier alpha value is -3.88. The molecule has 2 saturated carbocycles. The van der Waals surface area contributed by atoms with Gasteiger partial charge in [0.25, 0.3) is 0 Å². The lowest BCUT2D eigenvalue weighted by Gasteiger charge is -2.07. The van der Waals surface area contributed by atoms with E-state index in [9.17, 15) is 4.79 Å². The van der Waals surface area contributed by atoms with Gasteiger partial charge in [-0.15, -0.1) is 5.10 Å². The van der Waals surface area contributed by atoms with Gasteiger partial charge in [-0.05, 0) is 49.8 Å². The molecule has 1 amide bonds. The lowest BCUT2D eigenvalue weighted by atomic mass is 10.2. The van der Waals surface area contributed by atoms with E-state index in [2.05, 4.69) is 42.7 Å². The number of imidazole rings is 1. The zero-order valence-electron chi connectivity index (χ0n) is 18.2. The summed E-state index contributed by atoms with van der Waals surface area (Å²) in [5.41, 5.74) is 3.98. The Morgan fingerprint density at radius 3 is 2.97 bits per heavy atom. The average Bonchev–Trinajstić information content (AvgIpc) is 3.74. The van der Waals surface area contributed by atoms with E-state index in [1.165, 1.54) is 24.6 Å². The number of anilines is 1. The van der Waals surface area contributed by atoms with Gasteiger partial charge in [-0.1, -0.05) is 6.07 Å². The highest BCUT2D eigenvalue weighted by Crippen LogP contribution is 2.46. The van der Waals surface area contributed by atoms with Gasteiger partial charge in [-0.25, -0.2) is 15.0 Å². The zero-order valence-corrected chi connectivity index (χ0v) is 18.2. The summed E-state index contributed by atoms with van der Waals surface area (Å²) in [6.07, 6.45) is 10.7. The van der Waals surface area contributed by atoms with Crippen LogP contribution in [0.5, 0.6) is 5.75 Å². The first-order valence-corrected chi connectivity index (χ1v) is 11.2. The van der Waals surface area contributed by atoms with E-state index in [0.29, 0.717) is 24.1 Å². The first-order valence-electron chi connectivity index (χ1n) is 11.2. The molecule has 4 aromatic heterocycles. The lowest BCUT2D eigenvalue weighted by molar-refractivity contribution is -0.117. The van der Waals surface area contributed by atoms with Crippen LogP contribution >= 0.6 is 0 Å². The molecule has 33 heavy (non-hydrogen) atoms. The van der Waals surface area contributed by atoms with E-state index >= 15 is 0 Å². The van der Waals surface area contributed by atoms with Gasteiger partial charge in [-0.3, -0.25) is 4.79 Å². The third kappa shape index (κ3) is 4.26. The summed E-state index contributed by atoms with van der Waals surface area (Å²) >= 11 is 0. The van der Waals surface area contributed by atoms with Crippen molar-refractivity contribution in [2.24, 2.45) is 5.92 Å². The molecule has 6 rings (SSSR count). The number of hydrogen-bond acceptors (Lipinski definition) is 7. The quantitative estimate of drug-likeness (QED) is 0.468. The minimum Gasteiger partial charge on any atom is -0.485 e. The molecule has 4 heterocycles. The monoisotopic (exact) mass is 441 g/mol. The summed E-state index contributed by atoms with van der Waals surface area (Å²) in [5, 5.41) is 10.8. The van der Waals surface area contributed by atoms with Gasteiger partial charge in [0.1, 0.15) is 23.8 Å². The van der Waals surface area contributed by atoms with Gasteiger partial charge in [0.05, 0.1) is 11.9 Å². The van der Waals surface area contributed by atoms with Crippen LogP contribution in [0.3, 0.4) is 0 Å². The average molecular weight is 441 g/mol. The van der Waals surface area contributed by atoms with Crippen molar-refractivity contribution in [1.29, 1.82) is 0 Å². The standard InChI is InChI=1S/C24H23N7O2/c1-14-6-7-25-23(27-14)19-9-20(19)24(32)29-21-8-18(10-26-30-21)33-13-17-12-31-11-16(15-2-3-15)4-5-22(31)28-17/h4-8,10-12,15,19-20H,2-3,9,13H2,1H3,(H,29,30,32)/t19-,20-/m0/s1. The number of carbonyl (C=O) groups is 1. The normalized spacial score (nSPS) is 19.4. The molecule has 0 saturated heterocycles. The Kier molecular flexibility index (Phi) is 4.74. The maximum absolute atomic E-state index is 12.6. The highest BCUT2D eigenvalue weighted by atomic mass is 16.5. The number of ether oxygens (including phenoxy) is 1. The maximum Gasteiger partial charge on any atom is 0.229 e. The lowest BCUT2D eigenvalue weighted by Crippen LogP contribution is -2.16. The minimum atomic E-state index is -0.156. The van der Waals surface area contributed by atoms with E-state index < -0.39 is 0 Å². The van der Waals surface area contributed by atoms with Gasteiger partial charge in [-0.2, -0.15) is 5.10 Å². The molecule has 9 heteroatoms. The first-order chi connectivity index (χ1) is 16.1. The number of amides is 1. The Labute approximate surface area is 190 Å². The number of nitrogens with zero attached hydrogens (tertiary/aromatic N) is 6. The number of aryl methyl sites for hydroxylation is 1. The van der Waals surface area contributed by atoms with Crippen LogP contribution in [-0.2, 0) is 11.4 Å². The maximum atomic E-state index is 12.6. The minimum absolute atomic E-state index is 0.0489. The van der Waals surface area contributed by atoms with Crippen LogP contribution in [0.25, 0.3) is 5.65 Å². The molecule has 1 N–H and O–H groups in total. The third-order valence-corrected chi connectivity index (χ3v) is 6.11. The first kappa shape index (κ1) is 19.8. The van der Waals surface area contributed by atoms with Gasteiger partial charge in [0, 0.05) is 42.2 Å². The number of hydrogen-bond donors (Lipinski definition) is 1. The summed E-state index contributed by atoms with van der Waals surface area (Å²) in [7, 11) is 0. The van der Waals surface area contributed by atoms with Gasteiger partial charge < -0.3 is 14.5 Å². The van der Waals surface area contributed by atoms with E-state index in [4.69, 9.17) is 4.74 Å². The van der Waals surface area contributed by atoms with Gasteiger partial charge in [0.15, 0.2) is 5.82 Å². The molecule has 2 atom stereocenters. The smallest absolute Gasteiger partial charge is 0.229 e. The van der Waals surface area contributed by atoms with Crippen LogP contribution in [-0.4, -0.2) is 35.5 Å². The van der Waals surface area contributed by atoms with Crippen LogP contribution in [0.1, 0.15) is 53.9 Å². The number of rotatable bonds is 7. The van der Waals surface area contributed by atoms with E-state index in [1.807, 2.05) is 29.7 Å². The molecule has 0 aliphatic heterocycles. The molecule has 0 unspecified atom stereocenters. The second-order valence-electron chi connectivity index (χ2n) is 8.79. The number of pyridine rings is 1. The molecule has 166 valence electrons. The van der Waals surface area contributed by atoms with Crippen molar-refractivity contribution in [1.82, 2.24) is 29.5 Å². The SMILES string of the molecule is Cc1ccnc([C@H]2C[C@@H]2C(=O)Nc2cc(OCc3cn4cc(C5CC5)ccc4n3)cnn2)n1. The van der Waals surface area contributed by atoms with E-state index in [-0.39, 0.29) is 17.7 Å². The summed E-state index contributed by atoms with van der Waals surface area (Å²) < 4.78 is 7.91. The number of fused-ring (bicyclic) bond motifs is 1. The fraction of sp³-hybridized carbons (Fsp3) is 0.333. The highest BCUT2D eigenvalue weighted by molar-refractivity contribution is 5.94. The fourth-order valence-electron chi connectivity index (χ4n) is 4.07. The van der Waals surface area contributed by atoms with Crippen molar-refractivity contribution in [3.63, 3.8) is 0 Å². The molecule has 9 nitrogen and oxygen atoms in total. The van der Waals surface area contributed by atoms with Gasteiger partial charge in [0.2, 0.25) is 5.91 Å². The second-order valence-corrected chi connectivity index (χ2v) is 8.79. The fourth-order valence-corrected chi connectivity index (χ4v) is 4.07. The molecule has 0 radical (unpaired) electrons. The van der Waals surface area contributed by atoms with Crippen molar-refractivity contribution < 1.29 is 9.53 Å². The number of aromatic nitrogens is 6. The summed E-state index contributed by atoms with van der Waals surface area (Å²) in [6.45, 7) is 2.22. The summed E-state index contributed by atoms with van der Waals surface area (Å²) in [6, 6.07) is 7.72. The molecular weight excluding hydrogens is 418 g/mol. The Morgan fingerprint density at radius 2 is 2.12 bits per heavy atom. The molecule has 0 aromatic carbocycles. The van der Waals surface area contributed by atoms with E-state index in [1.54, 1.807) is 12.3 Å². The molecule has 0 spiro atoms. The van der Waals surface area contributed by atoms with Crippen LogP contribution in [0.15, 0.2) is 49.1 Å². The molecule has 2 aliphatic carbocycles. The van der Waals surface area contributed by atoms with Crippen molar-refractivity contribution >= 4 is 17.4 Å². The Bertz CT molecular complexity index is 1350. The highest BCUT2D eigenvalue weighted by Gasteiger charge is 2.46. The largest absolute Gasteiger partial charge is 0.485 e. The van der Waals surface area contributed by atoms with Crippen molar-refractivity contribution in [3.8, 4) is 5.75 Å². The summed E-state index contributed by atoms with van der Waals surface area (Å²) in [5.74, 6) is 2.08. The van der Waals surface area contributed by atoms with Crippen LogP contribution < -0.4 is 10.1 Å².